The van der Waals surface area contributed by atoms with Gasteiger partial charge in [-0.25, -0.2) is 4.39 Å². The maximum absolute atomic E-state index is 13.5. The molecular formula is C12H14ClFO2S. The van der Waals surface area contributed by atoms with E-state index in [0.29, 0.717) is 17.2 Å². The van der Waals surface area contributed by atoms with Crippen molar-refractivity contribution < 1.29 is 14.2 Å². The maximum Gasteiger partial charge on any atom is 0.127 e. The summed E-state index contributed by atoms with van der Waals surface area (Å²) in [6.07, 6.45) is -0.615. The van der Waals surface area contributed by atoms with E-state index >= 15 is 0 Å². The van der Waals surface area contributed by atoms with Gasteiger partial charge in [0.2, 0.25) is 0 Å². The van der Waals surface area contributed by atoms with E-state index in [4.69, 9.17) is 16.3 Å². The van der Waals surface area contributed by atoms with Crippen LogP contribution in [-0.2, 0) is 11.2 Å². The summed E-state index contributed by atoms with van der Waals surface area (Å²) in [4.78, 5) is 0. The van der Waals surface area contributed by atoms with Gasteiger partial charge in [-0.2, -0.15) is 11.8 Å². The Hall–Kier alpha value is -0.290. The molecule has 17 heavy (non-hydrogen) atoms. The Balaban J connectivity index is 1.99. The molecule has 1 aliphatic heterocycles. The van der Waals surface area contributed by atoms with E-state index in [0.717, 1.165) is 11.5 Å². The van der Waals surface area contributed by atoms with Gasteiger partial charge in [0.25, 0.3) is 0 Å². The summed E-state index contributed by atoms with van der Waals surface area (Å²) < 4.78 is 19.0. The highest BCUT2D eigenvalue weighted by molar-refractivity contribution is 7.99. The van der Waals surface area contributed by atoms with Gasteiger partial charge in [-0.05, 0) is 17.7 Å². The second-order valence-electron chi connectivity index (χ2n) is 3.99. The van der Waals surface area contributed by atoms with Gasteiger partial charge in [0.15, 0.2) is 0 Å². The molecule has 2 unspecified atom stereocenters. The van der Waals surface area contributed by atoms with Crippen LogP contribution in [0.4, 0.5) is 4.39 Å². The van der Waals surface area contributed by atoms with Crippen LogP contribution in [0.1, 0.15) is 5.56 Å². The van der Waals surface area contributed by atoms with Crippen LogP contribution in [0, 0.1) is 5.82 Å². The Kier molecular flexibility index (Phi) is 4.68. The summed E-state index contributed by atoms with van der Waals surface area (Å²) in [6, 6.07) is 4.50. The molecule has 0 amide bonds. The number of benzene rings is 1. The van der Waals surface area contributed by atoms with E-state index in [2.05, 4.69) is 0 Å². The number of hydrogen-bond donors (Lipinski definition) is 1. The number of aliphatic hydroxyl groups excluding tert-OH is 1. The molecule has 1 saturated heterocycles. The van der Waals surface area contributed by atoms with E-state index in [1.165, 1.54) is 6.07 Å². The Bertz CT molecular complexity index is 383. The molecule has 0 saturated carbocycles. The molecule has 0 aliphatic carbocycles. The first-order valence-corrected chi connectivity index (χ1v) is 7.01. The Morgan fingerprint density at radius 2 is 2.41 bits per heavy atom. The first-order valence-electron chi connectivity index (χ1n) is 5.48. The first-order chi connectivity index (χ1) is 8.16. The highest BCUT2D eigenvalue weighted by Gasteiger charge is 2.23. The van der Waals surface area contributed by atoms with Crippen LogP contribution in [0.15, 0.2) is 18.2 Å². The van der Waals surface area contributed by atoms with Gasteiger partial charge in [0, 0.05) is 22.9 Å². The molecule has 1 aliphatic rings. The number of thioether (sulfide) groups is 1. The van der Waals surface area contributed by atoms with Crippen molar-refractivity contribution in [2.24, 2.45) is 0 Å². The normalized spacial score (nSPS) is 22.4. The van der Waals surface area contributed by atoms with Gasteiger partial charge >= 0.3 is 0 Å². The highest BCUT2D eigenvalue weighted by atomic mass is 35.5. The monoisotopic (exact) mass is 276 g/mol. The zero-order valence-electron chi connectivity index (χ0n) is 9.23. The molecule has 1 fully saturated rings. The first kappa shape index (κ1) is 13.1. The largest absolute Gasteiger partial charge is 0.390 e. The van der Waals surface area contributed by atoms with Gasteiger partial charge in [-0.3, -0.25) is 0 Å². The van der Waals surface area contributed by atoms with Crippen molar-refractivity contribution in [2.75, 3.05) is 18.1 Å². The molecule has 0 aromatic heterocycles. The van der Waals surface area contributed by atoms with E-state index < -0.39 is 6.10 Å². The number of aliphatic hydroxyl groups is 1. The molecule has 2 nitrogen and oxygen atoms in total. The van der Waals surface area contributed by atoms with Crippen molar-refractivity contribution in [3.05, 3.63) is 34.6 Å². The molecular weight excluding hydrogens is 263 g/mol. The summed E-state index contributed by atoms with van der Waals surface area (Å²) >= 11 is 7.42. The topological polar surface area (TPSA) is 29.5 Å². The van der Waals surface area contributed by atoms with Crippen LogP contribution in [0.5, 0.6) is 0 Å². The van der Waals surface area contributed by atoms with Gasteiger partial charge in [0.1, 0.15) is 5.82 Å². The van der Waals surface area contributed by atoms with E-state index in [1.54, 1.807) is 23.9 Å². The van der Waals surface area contributed by atoms with Crippen LogP contribution in [-0.4, -0.2) is 35.4 Å². The Morgan fingerprint density at radius 3 is 3.06 bits per heavy atom. The molecule has 2 atom stereocenters. The summed E-state index contributed by atoms with van der Waals surface area (Å²) in [7, 11) is 0. The molecule has 1 heterocycles. The lowest BCUT2D eigenvalue weighted by atomic mass is 10.0. The fraction of sp³-hybridized carbons (Fsp3) is 0.500. The Labute approximate surface area is 109 Å². The third-order valence-electron chi connectivity index (χ3n) is 2.72. The minimum atomic E-state index is -0.668. The van der Waals surface area contributed by atoms with Gasteiger partial charge < -0.3 is 9.84 Å². The molecule has 94 valence electrons. The molecule has 2 rings (SSSR count). The predicted molar refractivity (Wildman–Crippen MR) is 68.2 cm³/mol. The zero-order valence-corrected chi connectivity index (χ0v) is 10.8. The molecule has 1 aromatic rings. The van der Waals surface area contributed by atoms with Crippen molar-refractivity contribution in [1.82, 2.24) is 0 Å². The number of halogens is 2. The third kappa shape index (κ3) is 3.58. The van der Waals surface area contributed by atoms with Gasteiger partial charge in [-0.15, -0.1) is 0 Å². The average Bonchev–Trinajstić information content (AvgIpc) is 2.34. The SMILES string of the molecule is OC(Cc1ccc(Cl)cc1F)C1CSCCO1. The molecule has 5 heteroatoms. The lowest BCUT2D eigenvalue weighted by Crippen LogP contribution is -2.36. The van der Waals surface area contributed by atoms with Crippen molar-refractivity contribution in [1.29, 1.82) is 0 Å². The van der Waals surface area contributed by atoms with Crippen molar-refractivity contribution in [2.45, 2.75) is 18.6 Å². The van der Waals surface area contributed by atoms with Crippen LogP contribution < -0.4 is 0 Å². The van der Waals surface area contributed by atoms with E-state index in [-0.39, 0.29) is 18.3 Å². The summed E-state index contributed by atoms with van der Waals surface area (Å²) in [5.41, 5.74) is 0.473. The minimum absolute atomic E-state index is 0.205. The molecule has 1 N–H and O–H groups in total. The Morgan fingerprint density at radius 1 is 1.59 bits per heavy atom. The predicted octanol–water partition coefficient (Wildman–Crippen LogP) is 2.51. The smallest absolute Gasteiger partial charge is 0.127 e. The second kappa shape index (κ2) is 6.05. The average molecular weight is 277 g/mol. The third-order valence-corrected chi connectivity index (χ3v) is 3.97. The number of hydrogen-bond acceptors (Lipinski definition) is 3. The van der Waals surface area contributed by atoms with Crippen molar-refractivity contribution in [3.63, 3.8) is 0 Å². The van der Waals surface area contributed by atoms with E-state index in [9.17, 15) is 9.50 Å². The minimum Gasteiger partial charge on any atom is -0.390 e. The highest BCUT2D eigenvalue weighted by Crippen LogP contribution is 2.20. The summed E-state index contributed by atoms with van der Waals surface area (Å²) in [6.45, 7) is 0.648. The quantitative estimate of drug-likeness (QED) is 0.920. The van der Waals surface area contributed by atoms with Crippen LogP contribution in [0.25, 0.3) is 0 Å². The maximum atomic E-state index is 13.5. The zero-order chi connectivity index (χ0) is 12.3. The van der Waals surface area contributed by atoms with E-state index in [1.807, 2.05) is 0 Å². The van der Waals surface area contributed by atoms with Gasteiger partial charge in [0.05, 0.1) is 18.8 Å². The number of ether oxygens (including phenoxy) is 1. The summed E-state index contributed by atoms with van der Waals surface area (Å²) in [5.74, 6) is 1.34. The van der Waals surface area contributed by atoms with Crippen LogP contribution in [0.2, 0.25) is 5.02 Å². The van der Waals surface area contributed by atoms with Crippen LogP contribution >= 0.6 is 23.4 Å². The lowest BCUT2D eigenvalue weighted by molar-refractivity contribution is -0.0210. The standard InChI is InChI=1S/C12H14ClFO2S/c13-9-2-1-8(10(14)6-9)5-11(15)12-7-17-4-3-16-12/h1-2,6,11-12,15H,3-5,7H2. The fourth-order valence-electron chi connectivity index (χ4n) is 1.77. The number of rotatable bonds is 3. The molecule has 1 aromatic carbocycles. The van der Waals surface area contributed by atoms with Crippen molar-refractivity contribution >= 4 is 23.4 Å². The van der Waals surface area contributed by atoms with Crippen LogP contribution in [0.3, 0.4) is 0 Å². The molecule has 0 radical (unpaired) electrons. The fourth-order valence-corrected chi connectivity index (χ4v) is 2.86. The molecule has 0 spiro atoms. The summed E-state index contributed by atoms with van der Waals surface area (Å²) in [5, 5.41) is 10.3. The lowest BCUT2D eigenvalue weighted by Gasteiger charge is -2.26. The van der Waals surface area contributed by atoms with Gasteiger partial charge in [-0.1, -0.05) is 17.7 Å². The van der Waals surface area contributed by atoms with Crippen molar-refractivity contribution in [3.8, 4) is 0 Å². The second-order valence-corrected chi connectivity index (χ2v) is 5.58. The molecule has 0 bridgehead atoms.